The van der Waals surface area contributed by atoms with Crippen molar-refractivity contribution in [2.24, 2.45) is 16.7 Å². The number of carbonyl (C=O) groups is 4. The molecule has 11 nitrogen and oxygen atoms in total. The van der Waals surface area contributed by atoms with Gasteiger partial charge in [-0.15, -0.1) is 0 Å². The molecule has 32 heavy (non-hydrogen) atoms. The van der Waals surface area contributed by atoms with Crippen molar-refractivity contribution in [2.45, 2.75) is 66.0 Å². The van der Waals surface area contributed by atoms with Gasteiger partial charge in [-0.2, -0.15) is 5.01 Å². The first-order chi connectivity index (χ1) is 14.8. The Morgan fingerprint density at radius 3 is 2.31 bits per heavy atom. The minimum absolute atomic E-state index is 0.0250. The molecule has 1 heterocycles. The van der Waals surface area contributed by atoms with Crippen LogP contribution < -0.4 is 5.43 Å². The Bertz CT molecular complexity index is 933. The standard InChI is InChI=1S/C20H31N3O8S/c1-6-30-17(26)21-22(18(27)31-7-2)15(12(3)24)16(25)23-14-10-13-8-9-20(14,19(13,4)5)11-32(23,28)29/h13-15H,6-11H2,1-5H3,(H,21,26)/t13-,14+,15-,20-/m1/s1. The van der Waals surface area contributed by atoms with Crippen molar-refractivity contribution in [3.63, 3.8) is 0 Å². The quantitative estimate of drug-likeness (QED) is 0.467. The predicted octanol–water partition coefficient (Wildman–Crippen LogP) is 1.43. The maximum absolute atomic E-state index is 13.6. The highest BCUT2D eigenvalue weighted by atomic mass is 32.2. The van der Waals surface area contributed by atoms with Crippen LogP contribution >= 0.6 is 0 Å². The van der Waals surface area contributed by atoms with Crippen LogP contribution in [0.15, 0.2) is 0 Å². The molecule has 0 unspecified atom stereocenters. The fourth-order valence-corrected chi connectivity index (χ4v) is 8.38. The van der Waals surface area contributed by atoms with Gasteiger partial charge in [-0.1, -0.05) is 13.8 Å². The van der Waals surface area contributed by atoms with E-state index in [0.717, 1.165) is 17.6 Å². The van der Waals surface area contributed by atoms with E-state index in [1.165, 1.54) is 13.8 Å². The minimum Gasteiger partial charge on any atom is -0.449 e. The molecule has 0 aromatic rings. The summed E-state index contributed by atoms with van der Waals surface area (Å²) in [6.07, 6.45) is -0.189. The van der Waals surface area contributed by atoms with Crippen molar-refractivity contribution in [2.75, 3.05) is 19.0 Å². The number of nitrogens with one attached hydrogen (secondary N) is 1. The van der Waals surface area contributed by atoms with Gasteiger partial charge in [-0.25, -0.2) is 27.7 Å². The topological polar surface area (TPSA) is 139 Å². The number of hydrogen-bond donors (Lipinski definition) is 1. The lowest BCUT2D eigenvalue weighted by atomic mass is 9.69. The summed E-state index contributed by atoms with van der Waals surface area (Å²) in [4.78, 5) is 50.7. The summed E-state index contributed by atoms with van der Waals surface area (Å²) >= 11 is 0. The van der Waals surface area contributed by atoms with Gasteiger partial charge in [0.25, 0.3) is 5.91 Å². The number of sulfonamides is 1. The molecule has 1 spiro atoms. The Morgan fingerprint density at radius 1 is 1.16 bits per heavy atom. The summed E-state index contributed by atoms with van der Waals surface area (Å²) in [5.74, 6) is -1.83. The summed E-state index contributed by atoms with van der Waals surface area (Å²) in [6.45, 7) is 8.04. The first kappa shape index (κ1) is 24.3. The molecule has 3 aliphatic rings. The van der Waals surface area contributed by atoms with Crippen LogP contribution in [0.5, 0.6) is 0 Å². The van der Waals surface area contributed by atoms with Crippen LogP contribution in [0, 0.1) is 16.7 Å². The molecule has 180 valence electrons. The lowest BCUT2D eigenvalue weighted by molar-refractivity contribution is -0.141. The predicted molar refractivity (Wildman–Crippen MR) is 111 cm³/mol. The molecule has 0 aromatic heterocycles. The molecule has 3 amide bonds. The Hall–Kier alpha value is -2.37. The third-order valence-electron chi connectivity index (χ3n) is 7.46. The summed E-state index contributed by atoms with van der Waals surface area (Å²) in [5, 5.41) is 0.422. The highest BCUT2D eigenvalue weighted by molar-refractivity contribution is 7.90. The monoisotopic (exact) mass is 473 g/mol. The fraction of sp³-hybridized carbons (Fsp3) is 0.800. The summed E-state index contributed by atoms with van der Waals surface area (Å²) < 4.78 is 36.8. The van der Waals surface area contributed by atoms with Gasteiger partial charge >= 0.3 is 12.2 Å². The van der Waals surface area contributed by atoms with Gasteiger partial charge in [0.2, 0.25) is 10.0 Å². The second-order valence-electron chi connectivity index (χ2n) is 9.17. The van der Waals surface area contributed by atoms with E-state index in [1.807, 2.05) is 13.8 Å². The van der Waals surface area contributed by atoms with E-state index in [0.29, 0.717) is 17.9 Å². The largest absolute Gasteiger partial charge is 0.449 e. The average Bonchev–Trinajstić information content (AvgIpc) is 3.15. The molecule has 2 aliphatic carbocycles. The zero-order valence-electron chi connectivity index (χ0n) is 19.0. The number of hydrogen-bond acceptors (Lipinski definition) is 8. The average molecular weight is 474 g/mol. The van der Waals surface area contributed by atoms with E-state index in [1.54, 1.807) is 0 Å². The zero-order chi connectivity index (χ0) is 24.1. The fourth-order valence-electron chi connectivity index (χ4n) is 5.84. The lowest BCUT2D eigenvalue weighted by Crippen LogP contribution is -2.62. The number of ketones is 1. The number of fused-ring (bicyclic) bond motifs is 1. The maximum atomic E-state index is 13.6. The van der Waals surface area contributed by atoms with Crippen LogP contribution in [0.3, 0.4) is 0 Å². The van der Waals surface area contributed by atoms with E-state index < -0.39 is 51.4 Å². The van der Waals surface area contributed by atoms with Crippen molar-refractivity contribution in [1.29, 1.82) is 0 Å². The van der Waals surface area contributed by atoms with Crippen LogP contribution in [0.1, 0.15) is 53.9 Å². The van der Waals surface area contributed by atoms with Crippen LogP contribution in [0.2, 0.25) is 0 Å². The van der Waals surface area contributed by atoms with Crippen LogP contribution in [0.4, 0.5) is 9.59 Å². The Balaban J connectivity index is 2.00. The lowest BCUT2D eigenvalue weighted by Gasteiger charge is -2.38. The van der Waals surface area contributed by atoms with Crippen molar-refractivity contribution in [1.82, 2.24) is 14.7 Å². The molecule has 1 saturated heterocycles. The van der Waals surface area contributed by atoms with Crippen LogP contribution in [-0.4, -0.2) is 72.7 Å². The van der Waals surface area contributed by atoms with Gasteiger partial charge < -0.3 is 9.47 Å². The van der Waals surface area contributed by atoms with Gasteiger partial charge in [-0.05, 0) is 51.4 Å². The number of hydrazine groups is 1. The van der Waals surface area contributed by atoms with Gasteiger partial charge in [0.15, 0.2) is 11.8 Å². The number of ether oxygens (including phenoxy) is 2. The highest BCUT2D eigenvalue weighted by Crippen LogP contribution is 2.70. The van der Waals surface area contributed by atoms with Crippen molar-refractivity contribution in [3.05, 3.63) is 0 Å². The molecular formula is C20H31N3O8S. The SMILES string of the molecule is CCOC(=O)NN(C(=O)OCC)[C@H](C(C)=O)C(=O)N1[C@H]2C[C@H]3CC[C@]2(CS1(=O)=O)C3(C)C. The van der Waals surface area contributed by atoms with Crippen molar-refractivity contribution >= 4 is 33.9 Å². The summed E-state index contributed by atoms with van der Waals surface area (Å²) in [5.41, 5.74) is 1.18. The second-order valence-corrected chi connectivity index (χ2v) is 11.0. The molecule has 2 bridgehead atoms. The smallest absolute Gasteiger partial charge is 0.429 e. The number of rotatable bonds is 5. The highest BCUT2D eigenvalue weighted by Gasteiger charge is 2.72. The molecule has 0 aromatic carbocycles. The van der Waals surface area contributed by atoms with Gasteiger partial charge in [0.1, 0.15) is 0 Å². The Kier molecular flexibility index (Phi) is 6.22. The van der Waals surface area contributed by atoms with Gasteiger partial charge in [-0.3, -0.25) is 9.59 Å². The molecule has 0 radical (unpaired) electrons. The van der Waals surface area contributed by atoms with E-state index in [4.69, 9.17) is 9.47 Å². The molecule has 3 fully saturated rings. The van der Waals surface area contributed by atoms with Crippen molar-refractivity contribution < 1.29 is 37.1 Å². The van der Waals surface area contributed by atoms with Gasteiger partial charge in [0.05, 0.1) is 25.0 Å². The summed E-state index contributed by atoms with van der Waals surface area (Å²) in [6, 6.07) is -2.51. The third kappa shape index (κ3) is 3.52. The normalized spacial score (nSPS) is 29.7. The maximum Gasteiger partial charge on any atom is 0.429 e. The van der Waals surface area contributed by atoms with E-state index in [9.17, 15) is 27.6 Å². The van der Waals surface area contributed by atoms with Crippen LogP contribution in [-0.2, 0) is 29.1 Å². The van der Waals surface area contributed by atoms with E-state index in [2.05, 4.69) is 5.43 Å². The van der Waals surface area contributed by atoms with E-state index >= 15 is 0 Å². The third-order valence-corrected chi connectivity index (χ3v) is 9.37. The first-order valence-electron chi connectivity index (χ1n) is 10.8. The summed E-state index contributed by atoms with van der Waals surface area (Å²) in [7, 11) is -4.04. The molecule has 12 heteroatoms. The zero-order valence-corrected chi connectivity index (χ0v) is 19.9. The first-order valence-corrected chi connectivity index (χ1v) is 12.4. The molecule has 3 rings (SSSR count). The van der Waals surface area contributed by atoms with Crippen LogP contribution in [0.25, 0.3) is 0 Å². The second kappa shape index (κ2) is 8.20. The number of nitrogens with zero attached hydrogens (tertiary/aromatic N) is 2. The minimum atomic E-state index is -4.04. The number of Topliss-reactive ketones (excluding diaryl/α,β-unsaturated/α-hetero) is 1. The number of amides is 3. The van der Waals surface area contributed by atoms with Gasteiger partial charge in [0, 0.05) is 5.41 Å². The molecule has 4 atom stereocenters. The Morgan fingerprint density at radius 2 is 1.78 bits per heavy atom. The molecule has 1 N–H and O–H groups in total. The molecular weight excluding hydrogens is 442 g/mol. The molecule has 2 saturated carbocycles. The van der Waals surface area contributed by atoms with Crippen molar-refractivity contribution in [3.8, 4) is 0 Å². The molecule has 1 aliphatic heterocycles. The van der Waals surface area contributed by atoms with E-state index in [-0.39, 0.29) is 30.3 Å². The Labute approximate surface area is 187 Å². The number of carbonyl (C=O) groups excluding carboxylic acids is 4.